The molecule has 23 heavy (non-hydrogen) atoms. The van der Waals surface area contributed by atoms with E-state index in [1.807, 2.05) is 0 Å². The zero-order valence-corrected chi connectivity index (χ0v) is 13.4. The van der Waals surface area contributed by atoms with Crippen LogP contribution in [0.15, 0.2) is 18.3 Å². The van der Waals surface area contributed by atoms with Gasteiger partial charge in [-0.1, -0.05) is 6.92 Å². The van der Waals surface area contributed by atoms with Crippen molar-refractivity contribution in [2.24, 2.45) is 0 Å². The average Bonchev–Trinajstić information content (AvgIpc) is 2.95. The highest BCUT2D eigenvalue weighted by Gasteiger charge is 2.20. The first kappa shape index (κ1) is 15.6. The first-order valence-corrected chi connectivity index (χ1v) is 8.10. The predicted molar refractivity (Wildman–Crippen MR) is 85.9 cm³/mol. The minimum atomic E-state index is -1.07. The lowest BCUT2D eigenvalue weighted by molar-refractivity contribution is 0.0696. The van der Waals surface area contributed by atoms with E-state index in [1.54, 1.807) is 0 Å². The molecular formula is C15H16N4O3S. The Morgan fingerprint density at radius 3 is 2.91 bits per heavy atom. The molecule has 0 unspecified atom stereocenters. The fraction of sp³-hybridized carbons (Fsp3) is 0.333. The molecule has 3 rings (SSSR count). The summed E-state index contributed by atoms with van der Waals surface area (Å²) < 4.78 is 0. The van der Waals surface area contributed by atoms with Gasteiger partial charge in [-0.15, -0.1) is 11.3 Å². The number of amides is 1. The zero-order chi connectivity index (χ0) is 16.4. The molecule has 1 amide bonds. The topological polar surface area (TPSA) is 95.4 Å². The smallest absolute Gasteiger partial charge is 0.337 e. The summed E-state index contributed by atoms with van der Waals surface area (Å²) in [6.07, 6.45) is 2.06. The number of carboxylic acid groups (broad SMARTS) is 1. The Kier molecular flexibility index (Phi) is 4.35. The summed E-state index contributed by atoms with van der Waals surface area (Å²) >= 11 is 1.48. The number of carboxylic acids is 1. The molecule has 3 heterocycles. The second-order valence-electron chi connectivity index (χ2n) is 5.20. The second kappa shape index (κ2) is 6.43. The molecule has 0 aromatic carbocycles. The number of rotatable bonds is 4. The number of carbonyl (C=O) groups excluding carboxylic acids is 1. The van der Waals surface area contributed by atoms with Crippen molar-refractivity contribution in [2.45, 2.75) is 19.9 Å². The molecule has 2 aromatic heterocycles. The lowest BCUT2D eigenvalue weighted by Gasteiger charge is -2.23. The van der Waals surface area contributed by atoms with Crippen LogP contribution in [0, 0.1) is 0 Å². The molecule has 0 fully saturated rings. The molecule has 0 bridgehead atoms. The van der Waals surface area contributed by atoms with E-state index < -0.39 is 5.97 Å². The molecule has 7 nitrogen and oxygen atoms in total. The van der Waals surface area contributed by atoms with E-state index in [0.29, 0.717) is 5.13 Å². The van der Waals surface area contributed by atoms with Crippen LogP contribution in [0.4, 0.5) is 5.13 Å². The number of fused-ring (bicyclic) bond motifs is 1. The standard InChI is InChI=1S/C15H16N4O3S/c1-2-19-6-5-10-12(8-19)23-15(17-10)18-13(20)11-4-3-9(7-16-11)14(21)22/h3-4,7H,2,5-6,8H2,1H3,(H,21,22)(H,17,18,20). The molecule has 1 aliphatic rings. The van der Waals surface area contributed by atoms with Crippen molar-refractivity contribution < 1.29 is 14.7 Å². The van der Waals surface area contributed by atoms with E-state index in [-0.39, 0.29) is 17.2 Å². The maximum atomic E-state index is 12.2. The van der Waals surface area contributed by atoms with Crippen LogP contribution in [0.2, 0.25) is 0 Å². The fourth-order valence-corrected chi connectivity index (χ4v) is 3.43. The van der Waals surface area contributed by atoms with Gasteiger partial charge < -0.3 is 5.11 Å². The van der Waals surface area contributed by atoms with Crippen LogP contribution in [0.1, 0.15) is 38.3 Å². The summed E-state index contributed by atoms with van der Waals surface area (Å²) in [5.74, 6) is -1.46. The molecule has 120 valence electrons. The third-order valence-corrected chi connectivity index (χ3v) is 4.72. The minimum absolute atomic E-state index is 0.0471. The van der Waals surface area contributed by atoms with Gasteiger partial charge >= 0.3 is 5.97 Å². The molecule has 0 spiro atoms. The molecular weight excluding hydrogens is 316 g/mol. The number of aromatic nitrogens is 2. The first-order chi connectivity index (χ1) is 11.1. The van der Waals surface area contributed by atoms with Gasteiger partial charge in [-0.25, -0.2) is 9.78 Å². The largest absolute Gasteiger partial charge is 0.478 e. The van der Waals surface area contributed by atoms with Gasteiger partial charge in [0.1, 0.15) is 5.69 Å². The van der Waals surface area contributed by atoms with Gasteiger partial charge in [0.25, 0.3) is 5.91 Å². The van der Waals surface area contributed by atoms with Gasteiger partial charge in [-0.05, 0) is 18.7 Å². The van der Waals surface area contributed by atoms with E-state index in [4.69, 9.17) is 5.11 Å². The Morgan fingerprint density at radius 1 is 1.43 bits per heavy atom. The number of anilines is 1. The van der Waals surface area contributed by atoms with Crippen LogP contribution in [-0.4, -0.2) is 44.9 Å². The molecule has 2 aromatic rings. The summed E-state index contributed by atoms with van der Waals surface area (Å²) in [4.78, 5) is 34.8. The maximum Gasteiger partial charge on any atom is 0.337 e. The number of likely N-dealkylation sites (N-methyl/N-ethyl adjacent to an activating group) is 1. The number of hydrogen-bond donors (Lipinski definition) is 2. The first-order valence-electron chi connectivity index (χ1n) is 7.28. The number of nitrogens with zero attached hydrogens (tertiary/aromatic N) is 3. The molecule has 0 aliphatic carbocycles. The van der Waals surface area contributed by atoms with E-state index in [9.17, 15) is 9.59 Å². The Balaban J connectivity index is 1.71. The average molecular weight is 332 g/mol. The van der Waals surface area contributed by atoms with Gasteiger partial charge in [-0.3, -0.25) is 20.0 Å². The summed E-state index contributed by atoms with van der Waals surface area (Å²) in [5.41, 5.74) is 1.26. The van der Waals surface area contributed by atoms with Crippen LogP contribution in [0.5, 0.6) is 0 Å². The van der Waals surface area contributed by atoms with Crippen molar-refractivity contribution in [1.29, 1.82) is 0 Å². The van der Waals surface area contributed by atoms with Gasteiger partial charge in [-0.2, -0.15) is 0 Å². The van der Waals surface area contributed by atoms with Crippen LogP contribution >= 0.6 is 11.3 Å². The number of hydrogen-bond acceptors (Lipinski definition) is 6. The Morgan fingerprint density at radius 2 is 2.26 bits per heavy atom. The van der Waals surface area contributed by atoms with Crippen molar-refractivity contribution in [3.63, 3.8) is 0 Å². The Labute approximate surface area is 137 Å². The van der Waals surface area contributed by atoms with Gasteiger partial charge in [0.2, 0.25) is 0 Å². The minimum Gasteiger partial charge on any atom is -0.478 e. The number of pyridine rings is 1. The summed E-state index contributed by atoms with van der Waals surface area (Å²) in [6, 6.07) is 2.75. The molecule has 0 saturated carbocycles. The third-order valence-electron chi connectivity index (χ3n) is 3.72. The van der Waals surface area contributed by atoms with Crippen molar-refractivity contribution in [3.8, 4) is 0 Å². The highest BCUT2D eigenvalue weighted by molar-refractivity contribution is 7.15. The van der Waals surface area contributed by atoms with E-state index >= 15 is 0 Å². The van der Waals surface area contributed by atoms with Crippen LogP contribution in [-0.2, 0) is 13.0 Å². The van der Waals surface area contributed by atoms with Crippen molar-refractivity contribution >= 4 is 28.3 Å². The lowest BCUT2D eigenvalue weighted by atomic mass is 10.2. The SMILES string of the molecule is CCN1CCc2nc(NC(=O)c3ccc(C(=O)O)cn3)sc2C1. The summed E-state index contributed by atoms with van der Waals surface area (Å²) in [5, 5.41) is 12.1. The molecule has 2 N–H and O–H groups in total. The molecule has 0 atom stereocenters. The highest BCUT2D eigenvalue weighted by atomic mass is 32.1. The van der Waals surface area contributed by atoms with Gasteiger partial charge in [0.05, 0.1) is 11.3 Å². The number of carbonyl (C=O) groups is 2. The number of nitrogens with one attached hydrogen (secondary N) is 1. The Hall–Kier alpha value is -2.32. The molecule has 1 aliphatic heterocycles. The second-order valence-corrected chi connectivity index (χ2v) is 6.28. The highest BCUT2D eigenvalue weighted by Crippen LogP contribution is 2.28. The van der Waals surface area contributed by atoms with Crippen molar-refractivity contribution in [2.75, 3.05) is 18.4 Å². The van der Waals surface area contributed by atoms with E-state index in [2.05, 4.69) is 27.1 Å². The quantitative estimate of drug-likeness (QED) is 0.887. The molecule has 0 radical (unpaired) electrons. The summed E-state index contributed by atoms with van der Waals surface area (Å²) in [6.45, 7) is 4.98. The van der Waals surface area contributed by atoms with Crippen molar-refractivity contribution in [3.05, 3.63) is 40.2 Å². The van der Waals surface area contributed by atoms with Gasteiger partial charge in [0, 0.05) is 30.6 Å². The van der Waals surface area contributed by atoms with Crippen molar-refractivity contribution in [1.82, 2.24) is 14.9 Å². The molecule has 0 saturated heterocycles. The maximum absolute atomic E-state index is 12.2. The molecule has 8 heteroatoms. The fourth-order valence-electron chi connectivity index (χ4n) is 2.39. The Bertz CT molecular complexity index is 742. The van der Waals surface area contributed by atoms with Gasteiger partial charge in [0.15, 0.2) is 5.13 Å². The summed E-state index contributed by atoms with van der Waals surface area (Å²) in [7, 11) is 0. The predicted octanol–water partition coefficient (Wildman–Crippen LogP) is 1.87. The van der Waals surface area contributed by atoms with Crippen LogP contribution in [0.3, 0.4) is 0 Å². The normalized spacial score (nSPS) is 14.3. The lowest BCUT2D eigenvalue weighted by Crippen LogP contribution is -2.29. The number of thiazole rings is 1. The third kappa shape index (κ3) is 3.38. The van der Waals surface area contributed by atoms with E-state index in [0.717, 1.165) is 31.7 Å². The zero-order valence-electron chi connectivity index (χ0n) is 12.6. The van der Waals surface area contributed by atoms with Crippen LogP contribution in [0.25, 0.3) is 0 Å². The van der Waals surface area contributed by atoms with E-state index in [1.165, 1.54) is 34.5 Å². The monoisotopic (exact) mass is 332 g/mol. The van der Waals surface area contributed by atoms with Crippen LogP contribution < -0.4 is 5.32 Å². The number of aromatic carboxylic acids is 1.